The maximum Gasteiger partial charge on any atom is 0.339 e. The van der Waals surface area contributed by atoms with Crippen molar-refractivity contribution in [3.8, 4) is 17.6 Å². The van der Waals surface area contributed by atoms with E-state index in [0.29, 0.717) is 23.7 Å². The summed E-state index contributed by atoms with van der Waals surface area (Å²) >= 11 is 0. The van der Waals surface area contributed by atoms with E-state index in [-0.39, 0.29) is 18.8 Å². The van der Waals surface area contributed by atoms with Crippen molar-refractivity contribution in [3.05, 3.63) is 54.1 Å². The van der Waals surface area contributed by atoms with E-state index in [0.717, 1.165) is 9.80 Å². The molecular weight excluding hydrogens is 362 g/mol. The van der Waals surface area contributed by atoms with Crippen LogP contribution in [0, 0.1) is 11.3 Å². The normalized spacial score (nSPS) is 13.6. The highest BCUT2D eigenvalue weighted by molar-refractivity contribution is 6.53. The standard InChI is InChI=1S/C20H17N3O5/c1-2-27-17-9-4-3-8-16(17)23-19(25)18(24)22(20(23)26)10-11-28-15-7-5-6-14(12-15)13-21/h3-9,12H,2,10-11H2,1H3. The third kappa shape index (κ3) is 3.64. The summed E-state index contributed by atoms with van der Waals surface area (Å²) in [6.45, 7) is 2.01. The molecule has 0 bridgehead atoms. The number of hydrogen-bond acceptors (Lipinski definition) is 6. The summed E-state index contributed by atoms with van der Waals surface area (Å²) in [6.07, 6.45) is 0. The van der Waals surface area contributed by atoms with Crippen molar-refractivity contribution in [1.82, 2.24) is 4.90 Å². The van der Waals surface area contributed by atoms with Crippen molar-refractivity contribution in [3.63, 3.8) is 0 Å². The average molecular weight is 379 g/mol. The number of para-hydroxylation sites is 2. The molecule has 8 heteroatoms. The molecule has 2 aromatic carbocycles. The molecule has 4 amide bonds. The van der Waals surface area contributed by atoms with Gasteiger partial charge in [0.2, 0.25) is 0 Å². The zero-order chi connectivity index (χ0) is 20.1. The van der Waals surface area contributed by atoms with Crippen LogP contribution in [0.4, 0.5) is 10.5 Å². The van der Waals surface area contributed by atoms with Gasteiger partial charge in [-0.25, -0.2) is 9.69 Å². The minimum atomic E-state index is -0.941. The molecule has 3 rings (SSSR count). The van der Waals surface area contributed by atoms with E-state index in [2.05, 4.69) is 0 Å². The molecule has 1 aliphatic heterocycles. The van der Waals surface area contributed by atoms with Gasteiger partial charge in [0, 0.05) is 0 Å². The number of amides is 4. The SMILES string of the molecule is CCOc1ccccc1N1C(=O)C(=O)N(CCOc2cccc(C#N)c2)C1=O. The van der Waals surface area contributed by atoms with Crippen LogP contribution in [0.1, 0.15) is 12.5 Å². The molecule has 8 nitrogen and oxygen atoms in total. The molecule has 1 heterocycles. The number of imide groups is 2. The number of carbonyl (C=O) groups is 3. The number of benzene rings is 2. The lowest BCUT2D eigenvalue weighted by Crippen LogP contribution is -2.36. The number of hydrogen-bond donors (Lipinski definition) is 0. The monoisotopic (exact) mass is 379 g/mol. The molecular formula is C20H17N3O5. The highest BCUT2D eigenvalue weighted by Gasteiger charge is 2.46. The Morgan fingerprint density at radius 2 is 1.79 bits per heavy atom. The third-order valence-corrected chi connectivity index (χ3v) is 4.01. The van der Waals surface area contributed by atoms with E-state index < -0.39 is 17.8 Å². The van der Waals surface area contributed by atoms with Crippen molar-refractivity contribution < 1.29 is 23.9 Å². The fourth-order valence-electron chi connectivity index (χ4n) is 2.74. The molecule has 142 valence electrons. The van der Waals surface area contributed by atoms with Crippen LogP contribution in [0.2, 0.25) is 0 Å². The topological polar surface area (TPSA) is 99.9 Å². The number of ether oxygens (including phenoxy) is 2. The second kappa shape index (κ2) is 8.22. The first-order chi connectivity index (χ1) is 13.6. The first kappa shape index (κ1) is 18.9. The molecule has 28 heavy (non-hydrogen) atoms. The molecule has 1 saturated heterocycles. The van der Waals surface area contributed by atoms with Crippen LogP contribution in [-0.4, -0.2) is 42.5 Å². The van der Waals surface area contributed by atoms with Gasteiger partial charge in [-0.15, -0.1) is 0 Å². The van der Waals surface area contributed by atoms with Crippen LogP contribution >= 0.6 is 0 Å². The third-order valence-electron chi connectivity index (χ3n) is 4.01. The maximum absolute atomic E-state index is 12.7. The fourth-order valence-corrected chi connectivity index (χ4v) is 2.74. The molecule has 0 saturated carbocycles. The summed E-state index contributed by atoms with van der Waals surface area (Å²) in [5.74, 6) is -1.09. The Balaban J connectivity index is 1.72. The van der Waals surface area contributed by atoms with Crippen molar-refractivity contribution in [1.29, 1.82) is 5.26 Å². The minimum absolute atomic E-state index is 0.0133. The lowest BCUT2D eigenvalue weighted by molar-refractivity contribution is -0.139. The van der Waals surface area contributed by atoms with Gasteiger partial charge in [0.15, 0.2) is 0 Å². The van der Waals surface area contributed by atoms with Crippen LogP contribution < -0.4 is 14.4 Å². The average Bonchev–Trinajstić information content (AvgIpc) is 2.92. The molecule has 0 aliphatic carbocycles. The van der Waals surface area contributed by atoms with Crippen molar-refractivity contribution in [2.45, 2.75) is 6.92 Å². The van der Waals surface area contributed by atoms with Gasteiger partial charge in [-0.05, 0) is 37.3 Å². The van der Waals surface area contributed by atoms with Crippen LogP contribution in [0.3, 0.4) is 0 Å². The van der Waals surface area contributed by atoms with E-state index in [1.807, 2.05) is 6.07 Å². The highest BCUT2D eigenvalue weighted by atomic mass is 16.5. The van der Waals surface area contributed by atoms with Gasteiger partial charge in [0.05, 0.1) is 30.5 Å². The highest BCUT2D eigenvalue weighted by Crippen LogP contribution is 2.31. The number of anilines is 1. The van der Waals surface area contributed by atoms with E-state index in [1.54, 1.807) is 55.5 Å². The first-order valence-electron chi connectivity index (χ1n) is 8.61. The largest absolute Gasteiger partial charge is 0.492 e. The second-order valence-electron chi connectivity index (χ2n) is 5.77. The summed E-state index contributed by atoms with van der Waals surface area (Å²) < 4.78 is 10.9. The van der Waals surface area contributed by atoms with E-state index >= 15 is 0 Å². The molecule has 0 spiro atoms. The maximum atomic E-state index is 12.7. The Morgan fingerprint density at radius 1 is 1.00 bits per heavy atom. The van der Waals surface area contributed by atoms with Crippen molar-refractivity contribution in [2.75, 3.05) is 24.7 Å². The van der Waals surface area contributed by atoms with E-state index in [9.17, 15) is 14.4 Å². The predicted molar refractivity (Wildman–Crippen MR) is 98.9 cm³/mol. The summed E-state index contributed by atoms with van der Waals surface area (Å²) in [4.78, 5) is 39.0. The zero-order valence-electron chi connectivity index (χ0n) is 15.1. The van der Waals surface area contributed by atoms with Gasteiger partial charge < -0.3 is 9.47 Å². The quantitative estimate of drug-likeness (QED) is 0.541. The number of nitrogens with zero attached hydrogens (tertiary/aromatic N) is 3. The smallest absolute Gasteiger partial charge is 0.339 e. The molecule has 0 radical (unpaired) electrons. The predicted octanol–water partition coefficient (Wildman–Crippen LogP) is 2.33. The number of rotatable bonds is 7. The Kier molecular flexibility index (Phi) is 5.56. The Hall–Kier alpha value is -3.86. The van der Waals surface area contributed by atoms with Crippen LogP contribution in [0.15, 0.2) is 48.5 Å². The summed E-state index contributed by atoms with van der Waals surface area (Å²) in [5.41, 5.74) is 0.651. The molecule has 1 fully saturated rings. The van der Waals surface area contributed by atoms with Gasteiger partial charge in [-0.3, -0.25) is 14.5 Å². The summed E-state index contributed by atoms with van der Waals surface area (Å²) in [5, 5.41) is 8.90. The molecule has 0 aromatic heterocycles. The number of urea groups is 1. The lowest BCUT2D eigenvalue weighted by Gasteiger charge is -2.18. The Labute approximate surface area is 161 Å². The van der Waals surface area contributed by atoms with E-state index in [4.69, 9.17) is 14.7 Å². The molecule has 0 unspecified atom stereocenters. The summed E-state index contributed by atoms with van der Waals surface area (Å²) in [7, 11) is 0. The first-order valence-corrected chi connectivity index (χ1v) is 8.61. The molecule has 1 aliphatic rings. The van der Waals surface area contributed by atoms with Gasteiger partial charge >= 0.3 is 17.8 Å². The van der Waals surface area contributed by atoms with E-state index in [1.165, 1.54) is 0 Å². The Morgan fingerprint density at radius 3 is 2.54 bits per heavy atom. The van der Waals surface area contributed by atoms with Gasteiger partial charge in [-0.2, -0.15) is 5.26 Å². The van der Waals surface area contributed by atoms with Crippen LogP contribution in [0.5, 0.6) is 11.5 Å². The van der Waals surface area contributed by atoms with Gasteiger partial charge in [0.1, 0.15) is 18.1 Å². The zero-order valence-corrected chi connectivity index (χ0v) is 15.1. The number of nitriles is 1. The van der Waals surface area contributed by atoms with Crippen LogP contribution in [0.25, 0.3) is 0 Å². The molecule has 2 aromatic rings. The lowest BCUT2D eigenvalue weighted by atomic mass is 10.2. The summed E-state index contributed by atoms with van der Waals surface area (Å²) in [6, 6.07) is 14.3. The van der Waals surface area contributed by atoms with Crippen molar-refractivity contribution >= 4 is 23.5 Å². The number of carbonyl (C=O) groups excluding carboxylic acids is 3. The van der Waals surface area contributed by atoms with Gasteiger partial charge in [0.25, 0.3) is 0 Å². The minimum Gasteiger partial charge on any atom is -0.492 e. The van der Waals surface area contributed by atoms with Gasteiger partial charge in [-0.1, -0.05) is 18.2 Å². The molecule has 0 N–H and O–H groups in total. The second-order valence-corrected chi connectivity index (χ2v) is 5.77. The van der Waals surface area contributed by atoms with Crippen molar-refractivity contribution in [2.24, 2.45) is 0 Å². The Bertz CT molecular complexity index is 966. The fraction of sp³-hybridized carbons (Fsp3) is 0.200. The van der Waals surface area contributed by atoms with Crippen LogP contribution in [-0.2, 0) is 9.59 Å². The molecule has 0 atom stereocenters.